The van der Waals surface area contributed by atoms with Gasteiger partial charge in [0, 0.05) is 0 Å². The van der Waals surface area contributed by atoms with Crippen molar-refractivity contribution in [1.82, 2.24) is 0 Å². The van der Waals surface area contributed by atoms with Crippen LogP contribution in [0.15, 0.2) is 0 Å². The van der Waals surface area contributed by atoms with Gasteiger partial charge in [0.1, 0.15) is 0 Å². The normalized spacial score (nSPS) is 11.4. The Balaban J connectivity index is 2.92. The van der Waals surface area contributed by atoms with Crippen molar-refractivity contribution in [2.24, 2.45) is 5.92 Å². The van der Waals surface area contributed by atoms with Gasteiger partial charge < -0.3 is 0 Å². The van der Waals surface area contributed by atoms with E-state index in [2.05, 4.69) is 27.2 Å². The van der Waals surface area contributed by atoms with Crippen molar-refractivity contribution in [3.05, 3.63) is 6.42 Å². The second-order valence-corrected chi connectivity index (χ2v) is 6.94. The van der Waals surface area contributed by atoms with Crippen LogP contribution in [0.2, 0.25) is 0 Å². The molecule has 0 aromatic heterocycles. The average Bonchev–Trinajstić information content (AvgIpc) is 2.43. The summed E-state index contributed by atoms with van der Waals surface area (Å²) in [5.74, 6) is 0.897. The molecule has 0 aromatic carbocycles. The van der Waals surface area contributed by atoms with E-state index in [4.69, 9.17) is 0 Å². The summed E-state index contributed by atoms with van der Waals surface area (Å²) in [6.07, 6.45) is 24.0. The fraction of sp³-hybridized carbons (Fsp3) is 0.950. The maximum absolute atomic E-state index is 2.53. The molecule has 0 aliphatic carbocycles. The average molecular weight is 282 g/mol. The van der Waals surface area contributed by atoms with Crippen molar-refractivity contribution >= 4 is 0 Å². The van der Waals surface area contributed by atoms with Crippen molar-refractivity contribution in [2.45, 2.75) is 117 Å². The lowest BCUT2D eigenvalue weighted by molar-refractivity contribution is 0.506. The molecule has 0 unspecified atom stereocenters. The van der Waals surface area contributed by atoms with E-state index in [1.807, 2.05) is 0 Å². The van der Waals surface area contributed by atoms with Crippen LogP contribution in [0.3, 0.4) is 0 Å². The van der Waals surface area contributed by atoms with Gasteiger partial charge in [-0.05, 0) is 12.3 Å². The zero-order chi connectivity index (χ0) is 14.9. The molecule has 0 atom stereocenters. The van der Waals surface area contributed by atoms with Gasteiger partial charge in [0.25, 0.3) is 0 Å². The van der Waals surface area contributed by atoms with Crippen LogP contribution >= 0.6 is 0 Å². The van der Waals surface area contributed by atoms with Crippen LogP contribution < -0.4 is 0 Å². The van der Waals surface area contributed by atoms with Crippen LogP contribution in [0.1, 0.15) is 117 Å². The Morgan fingerprint density at radius 2 is 1.05 bits per heavy atom. The molecular weight excluding hydrogens is 240 g/mol. The van der Waals surface area contributed by atoms with Gasteiger partial charge in [0.05, 0.1) is 0 Å². The van der Waals surface area contributed by atoms with Crippen LogP contribution in [0, 0.1) is 12.3 Å². The molecule has 0 bridgehead atoms. The molecule has 0 saturated carbocycles. The van der Waals surface area contributed by atoms with Crippen LogP contribution in [0.5, 0.6) is 0 Å². The van der Waals surface area contributed by atoms with Crippen molar-refractivity contribution in [3.63, 3.8) is 0 Å². The number of hydrogen-bond donors (Lipinski definition) is 0. The van der Waals surface area contributed by atoms with Crippen LogP contribution in [-0.4, -0.2) is 0 Å². The molecule has 0 saturated heterocycles. The molecule has 121 valence electrons. The lowest BCUT2D eigenvalue weighted by Gasteiger charge is -2.04. The summed E-state index contributed by atoms with van der Waals surface area (Å²) in [6.45, 7) is 6.95. The van der Waals surface area contributed by atoms with Gasteiger partial charge in [0.2, 0.25) is 0 Å². The predicted octanol–water partition coefficient (Wildman–Crippen LogP) is 7.72. The Kier molecular flexibility index (Phi) is 17.1. The topological polar surface area (TPSA) is 0 Å². The van der Waals surface area contributed by atoms with Crippen LogP contribution in [-0.2, 0) is 0 Å². The molecule has 0 amide bonds. The third kappa shape index (κ3) is 18.0. The Labute approximate surface area is 130 Å². The fourth-order valence-electron chi connectivity index (χ4n) is 2.76. The third-order valence-corrected chi connectivity index (χ3v) is 4.20. The van der Waals surface area contributed by atoms with E-state index in [0.29, 0.717) is 0 Å². The van der Waals surface area contributed by atoms with E-state index in [-0.39, 0.29) is 0 Å². The molecule has 0 rings (SSSR count). The summed E-state index contributed by atoms with van der Waals surface area (Å²) < 4.78 is 0. The Hall–Kier alpha value is 0. The van der Waals surface area contributed by atoms with E-state index >= 15 is 0 Å². The highest BCUT2D eigenvalue weighted by atomic mass is 14.0. The van der Waals surface area contributed by atoms with Crippen LogP contribution in [0.25, 0.3) is 0 Å². The molecule has 0 fully saturated rings. The molecule has 0 nitrogen and oxygen atoms in total. The van der Waals surface area contributed by atoms with E-state index in [0.717, 1.165) is 5.92 Å². The minimum absolute atomic E-state index is 0.897. The van der Waals surface area contributed by atoms with E-state index in [1.165, 1.54) is 96.3 Å². The molecule has 0 aliphatic rings. The van der Waals surface area contributed by atoms with Gasteiger partial charge in [-0.3, -0.25) is 0 Å². The lowest BCUT2D eigenvalue weighted by atomic mass is 10.0. The minimum Gasteiger partial charge on any atom is -0.0654 e. The van der Waals surface area contributed by atoms with Crippen LogP contribution in [0.4, 0.5) is 0 Å². The summed E-state index contributed by atoms with van der Waals surface area (Å²) in [7, 11) is 0. The smallest absolute Gasteiger partial charge is 0.0386 e. The molecular formula is C20H41. The first-order chi connectivity index (χ1) is 9.77. The van der Waals surface area contributed by atoms with Gasteiger partial charge in [-0.1, -0.05) is 117 Å². The lowest BCUT2D eigenvalue weighted by Crippen LogP contribution is -1.87. The third-order valence-electron chi connectivity index (χ3n) is 4.20. The predicted molar refractivity (Wildman–Crippen MR) is 94.1 cm³/mol. The van der Waals surface area contributed by atoms with Gasteiger partial charge in [-0.25, -0.2) is 0 Å². The summed E-state index contributed by atoms with van der Waals surface area (Å²) in [6, 6.07) is 0. The number of unbranched alkanes of at least 4 members (excludes halogenated alkanes) is 14. The summed E-state index contributed by atoms with van der Waals surface area (Å²) in [5.41, 5.74) is 0. The highest BCUT2D eigenvalue weighted by Crippen LogP contribution is 2.14. The monoisotopic (exact) mass is 281 g/mol. The maximum Gasteiger partial charge on any atom is -0.0386 e. The first kappa shape index (κ1) is 20.0. The molecule has 0 aliphatic heterocycles. The largest absolute Gasteiger partial charge is 0.0654 e. The second-order valence-electron chi connectivity index (χ2n) is 6.94. The molecule has 0 heteroatoms. The molecule has 0 heterocycles. The molecule has 20 heavy (non-hydrogen) atoms. The Bertz CT molecular complexity index is 159. The second kappa shape index (κ2) is 17.1. The Morgan fingerprint density at radius 1 is 0.600 bits per heavy atom. The number of rotatable bonds is 16. The van der Waals surface area contributed by atoms with E-state index in [9.17, 15) is 0 Å². The fourth-order valence-corrected chi connectivity index (χ4v) is 2.76. The van der Waals surface area contributed by atoms with Gasteiger partial charge in [-0.2, -0.15) is 0 Å². The summed E-state index contributed by atoms with van der Waals surface area (Å²) in [4.78, 5) is 0. The zero-order valence-corrected chi connectivity index (χ0v) is 14.8. The maximum atomic E-state index is 2.53. The SMILES string of the molecule is CCCCCC[CH]CCCCCCCCCCC(C)C. The standard InChI is InChI=1S/C20H41/c1-4-5-6-7-8-9-10-11-12-13-14-15-16-17-18-19-20(2)3/h9,20H,4-8,10-19H2,1-3H3. The van der Waals surface area contributed by atoms with Crippen molar-refractivity contribution in [1.29, 1.82) is 0 Å². The zero-order valence-electron chi connectivity index (χ0n) is 14.8. The first-order valence-electron chi connectivity index (χ1n) is 9.59. The highest BCUT2D eigenvalue weighted by molar-refractivity contribution is 4.64. The van der Waals surface area contributed by atoms with Gasteiger partial charge >= 0.3 is 0 Å². The van der Waals surface area contributed by atoms with Crippen molar-refractivity contribution < 1.29 is 0 Å². The van der Waals surface area contributed by atoms with E-state index < -0.39 is 0 Å². The number of hydrogen-bond acceptors (Lipinski definition) is 0. The molecule has 0 N–H and O–H groups in total. The first-order valence-corrected chi connectivity index (χ1v) is 9.59. The van der Waals surface area contributed by atoms with Crippen molar-refractivity contribution in [2.75, 3.05) is 0 Å². The molecule has 0 spiro atoms. The molecule has 1 radical (unpaired) electrons. The van der Waals surface area contributed by atoms with Gasteiger partial charge in [0.15, 0.2) is 0 Å². The minimum atomic E-state index is 0.897. The summed E-state index contributed by atoms with van der Waals surface area (Å²) in [5, 5.41) is 0. The van der Waals surface area contributed by atoms with E-state index in [1.54, 1.807) is 0 Å². The quantitative estimate of drug-likeness (QED) is 0.254. The van der Waals surface area contributed by atoms with Crippen molar-refractivity contribution in [3.8, 4) is 0 Å². The molecule has 0 aromatic rings. The Morgan fingerprint density at radius 3 is 1.55 bits per heavy atom. The highest BCUT2D eigenvalue weighted by Gasteiger charge is 1.96. The van der Waals surface area contributed by atoms with Gasteiger partial charge in [-0.15, -0.1) is 0 Å². The summed E-state index contributed by atoms with van der Waals surface area (Å²) >= 11 is 0.